The smallest absolute Gasteiger partial charge is 0.180 e. The number of unbranched alkanes of at least 4 members (excludes halogenated alkanes) is 1. The lowest BCUT2D eigenvalue weighted by Crippen LogP contribution is -2.01. The SMILES string of the molecule is CCCCc1nnc(NO)c2ccccc12. The molecule has 84 valence electrons. The van der Waals surface area contributed by atoms with Gasteiger partial charge in [-0.15, -0.1) is 5.10 Å². The molecule has 0 radical (unpaired) electrons. The molecule has 0 unspecified atom stereocenters. The Morgan fingerprint density at radius 2 is 1.94 bits per heavy atom. The van der Waals surface area contributed by atoms with Gasteiger partial charge in [-0.25, -0.2) is 0 Å². The summed E-state index contributed by atoms with van der Waals surface area (Å²) in [4.78, 5) is 0. The second-order valence-corrected chi connectivity index (χ2v) is 3.76. The Balaban J connectivity index is 2.51. The van der Waals surface area contributed by atoms with Gasteiger partial charge in [0.05, 0.1) is 5.69 Å². The van der Waals surface area contributed by atoms with E-state index < -0.39 is 0 Å². The van der Waals surface area contributed by atoms with Gasteiger partial charge >= 0.3 is 0 Å². The van der Waals surface area contributed by atoms with Crippen molar-refractivity contribution in [2.75, 3.05) is 5.48 Å². The third kappa shape index (κ3) is 1.97. The van der Waals surface area contributed by atoms with Gasteiger partial charge in [-0.1, -0.05) is 37.6 Å². The molecule has 0 aliphatic rings. The van der Waals surface area contributed by atoms with Crippen molar-refractivity contribution < 1.29 is 5.21 Å². The molecular weight excluding hydrogens is 202 g/mol. The van der Waals surface area contributed by atoms with Crippen molar-refractivity contribution in [3.05, 3.63) is 30.0 Å². The van der Waals surface area contributed by atoms with Crippen molar-refractivity contribution in [2.24, 2.45) is 0 Å². The number of aromatic nitrogens is 2. The summed E-state index contributed by atoms with van der Waals surface area (Å²) in [6.07, 6.45) is 3.16. The fourth-order valence-corrected chi connectivity index (χ4v) is 1.77. The fraction of sp³-hybridized carbons (Fsp3) is 0.333. The molecule has 16 heavy (non-hydrogen) atoms. The van der Waals surface area contributed by atoms with Crippen LogP contribution in [0.1, 0.15) is 25.5 Å². The Labute approximate surface area is 94.3 Å². The van der Waals surface area contributed by atoms with E-state index in [1.165, 1.54) is 0 Å². The Morgan fingerprint density at radius 3 is 2.62 bits per heavy atom. The first-order valence-corrected chi connectivity index (χ1v) is 5.51. The van der Waals surface area contributed by atoms with Gasteiger partial charge in [0, 0.05) is 10.8 Å². The molecule has 4 heteroatoms. The second kappa shape index (κ2) is 4.90. The van der Waals surface area contributed by atoms with E-state index in [1.807, 2.05) is 24.3 Å². The first-order chi connectivity index (χ1) is 7.86. The molecule has 0 saturated heterocycles. The molecular formula is C12H15N3O. The first-order valence-electron chi connectivity index (χ1n) is 5.51. The minimum atomic E-state index is 0.413. The molecule has 1 aromatic carbocycles. The third-order valence-corrected chi connectivity index (χ3v) is 2.64. The summed E-state index contributed by atoms with van der Waals surface area (Å²) in [6.45, 7) is 2.15. The van der Waals surface area contributed by atoms with Gasteiger partial charge in [-0.2, -0.15) is 5.10 Å². The number of nitrogens with zero attached hydrogens (tertiary/aromatic N) is 2. The van der Waals surface area contributed by atoms with Crippen molar-refractivity contribution in [3.8, 4) is 0 Å². The van der Waals surface area contributed by atoms with Crippen molar-refractivity contribution in [3.63, 3.8) is 0 Å². The summed E-state index contributed by atoms with van der Waals surface area (Å²) >= 11 is 0. The summed E-state index contributed by atoms with van der Waals surface area (Å²) in [6, 6.07) is 7.84. The first kappa shape index (κ1) is 10.8. The third-order valence-electron chi connectivity index (χ3n) is 2.64. The number of nitrogens with one attached hydrogen (secondary N) is 1. The van der Waals surface area contributed by atoms with E-state index in [9.17, 15) is 0 Å². The van der Waals surface area contributed by atoms with Gasteiger partial charge in [-0.3, -0.25) is 10.7 Å². The van der Waals surface area contributed by atoms with E-state index in [4.69, 9.17) is 5.21 Å². The molecule has 2 N–H and O–H groups in total. The standard InChI is InChI=1S/C12H15N3O/c1-2-3-8-11-9-6-4-5-7-10(9)12(15-16)14-13-11/h4-7,16H,2-3,8H2,1H3,(H,14,15). The van der Waals surface area contributed by atoms with E-state index in [0.717, 1.165) is 35.7 Å². The van der Waals surface area contributed by atoms with Crippen LogP contribution in [0.4, 0.5) is 5.82 Å². The average molecular weight is 217 g/mol. The highest BCUT2D eigenvalue weighted by Gasteiger charge is 2.07. The summed E-state index contributed by atoms with van der Waals surface area (Å²) < 4.78 is 0. The molecule has 0 amide bonds. The van der Waals surface area contributed by atoms with Crippen LogP contribution < -0.4 is 5.48 Å². The van der Waals surface area contributed by atoms with E-state index in [0.29, 0.717) is 5.82 Å². The lowest BCUT2D eigenvalue weighted by Gasteiger charge is -2.07. The van der Waals surface area contributed by atoms with Crippen LogP contribution in [-0.4, -0.2) is 15.4 Å². The van der Waals surface area contributed by atoms with Crippen LogP contribution in [0, 0.1) is 0 Å². The molecule has 0 spiro atoms. The molecule has 1 heterocycles. The second-order valence-electron chi connectivity index (χ2n) is 3.76. The van der Waals surface area contributed by atoms with Crippen molar-refractivity contribution in [1.29, 1.82) is 0 Å². The van der Waals surface area contributed by atoms with Crippen LogP contribution in [0.2, 0.25) is 0 Å². The normalized spacial score (nSPS) is 10.6. The summed E-state index contributed by atoms with van der Waals surface area (Å²) in [5.41, 5.74) is 3.08. The van der Waals surface area contributed by atoms with Crippen LogP contribution in [-0.2, 0) is 6.42 Å². The van der Waals surface area contributed by atoms with Crippen LogP contribution in [0.15, 0.2) is 24.3 Å². The Hall–Kier alpha value is -1.68. The zero-order chi connectivity index (χ0) is 11.4. The van der Waals surface area contributed by atoms with E-state index in [-0.39, 0.29) is 0 Å². The quantitative estimate of drug-likeness (QED) is 0.773. The molecule has 0 aliphatic carbocycles. The molecule has 0 atom stereocenters. The molecule has 4 nitrogen and oxygen atoms in total. The van der Waals surface area contributed by atoms with Gasteiger partial charge in [0.15, 0.2) is 5.82 Å². The Kier molecular flexibility index (Phi) is 3.31. The number of aryl methyl sites for hydroxylation is 1. The maximum Gasteiger partial charge on any atom is 0.180 e. The number of rotatable bonds is 4. The van der Waals surface area contributed by atoms with Gasteiger partial charge in [0.2, 0.25) is 0 Å². The Morgan fingerprint density at radius 1 is 1.19 bits per heavy atom. The predicted octanol–water partition coefficient (Wildman–Crippen LogP) is 2.77. The van der Waals surface area contributed by atoms with E-state index in [1.54, 1.807) is 0 Å². The lowest BCUT2D eigenvalue weighted by molar-refractivity contribution is 0.386. The minimum absolute atomic E-state index is 0.413. The zero-order valence-electron chi connectivity index (χ0n) is 9.27. The molecule has 0 bridgehead atoms. The number of hydrogen-bond acceptors (Lipinski definition) is 4. The average Bonchev–Trinajstić information content (AvgIpc) is 2.36. The maximum atomic E-state index is 8.95. The monoisotopic (exact) mass is 217 g/mol. The number of hydrogen-bond donors (Lipinski definition) is 2. The highest BCUT2D eigenvalue weighted by Crippen LogP contribution is 2.23. The number of benzene rings is 1. The summed E-state index contributed by atoms with van der Waals surface area (Å²) in [5, 5.41) is 19.0. The molecule has 1 aromatic heterocycles. The van der Waals surface area contributed by atoms with Crippen molar-refractivity contribution in [2.45, 2.75) is 26.2 Å². The molecule has 2 aromatic rings. The molecule has 2 rings (SSSR count). The molecule has 0 saturated carbocycles. The fourth-order valence-electron chi connectivity index (χ4n) is 1.77. The van der Waals surface area contributed by atoms with E-state index >= 15 is 0 Å². The zero-order valence-corrected chi connectivity index (χ0v) is 9.27. The predicted molar refractivity (Wildman–Crippen MR) is 63.6 cm³/mol. The Bertz CT molecular complexity index is 485. The number of anilines is 1. The van der Waals surface area contributed by atoms with Crippen LogP contribution in [0.25, 0.3) is 10.8 Å². The van der Waals surface area contributed by atoms with Gasteiger partial charge in [0.25, 0.3) is 0 Å². The van der Waals surface area contributed by atoms with Crippen molar-refractivity contribution in [1.82, 2.24) is 10.2 Å². The van der Waals surface area contributed by atoms with Crippen LogP contribution in [0.5, 0.6) is 0 Å². The number of fused-ring (bicyclic) bond motifs is 1. The van der Waals surface area contributed by atoms with Crippen LogP contribution >= 0.6 is 0 Å². The molecule has 0 fully saturated rings. The minimum Gasteiger partial charge on any atom is -0.290 e. The summed E-state index contributed by atoms with van der Waals surface area (Å²) in [7, 11) is 0. The highest BCUT2D eigenvalue weighted by atomic mass is 16.5. The lowest BCUT2D eigenvalue weighted by atomic mass is 10.1. The molecule has 0 aliphatic heterocycles. The van der Waals surface area contributed by atoms with Gasteiger partial charge in [0.1, 0.15) is 0 Å². The largest absolute Gasteiger partial charge is 0.290 e. The van der Waals surface area contributed by atoms with Gasteiger partial charge < -0.3 is 0 Å². The maximum absolute atomic E-state index is 8.95. The van der Waals surface area contributed by atoms with E-state index in [2.05, 4.69) is 22.6 Å². The van der Waals surface area contributed by atoms with Crippen LogP contribution in [0.3, 0.4) is 0 Å². The summed E-state index contributed by atoms with van der Waals surface area (Å²) in [5.74, 6) is 0.413. The van der Waals surface area contributed by atoms with Crippen molar-refractivity contribution >= 4 is 16.6 Å². The highest BCUT2D eigenvalue weighted by molar-refractivity contribution is 5.92. The topological polar surface area (TPSA) is 58.0 Å². The van der Waals surface area contributed by atoms with Gasteiger partial charge in [-0.05, 0) is 12.8 Å².